The number of nitrogens with one attached hydrogen (secondary N) is 1. The summed E-state index contributed by atoms with van der Waals surface area (Å²) in [5, 5.41) is 0. The fraction of sp³-hybridized carbons (Fsp3) is 0.500. The Morgan fingerprint density at radius 2 is 1.45 bits per heavy atom. The molecule has 6 rings (SSSR count). The summed E-state index contributed by atoms with van der Waals surface area (Å²) in [5.41, 5.74) is 2.36. The number of ether oxygens (including phenoxy) is 1. The molecule has 5 heteroatoms. The first-order chi connectivity index (χ1) is 14.0. The lowest BCUT2D eigenvalue weighted by molar-refractivity contribution is -0.00518. The molecule has 2 aromatic rings. The van der Waals surface area contributed by atoms with E-state index < -0.39 is 10.0 Å². The highest BCUT2D eigenvalue weighted by atomic mass is 32.2. The largest absolute Gasteiger partial charge is 0.494 e. The Balaban J connectivity index is 1.33. The van der Waals surface area contributed by atoms with Crippen LogP contribution in [0.5, 0.6) is 5.75 Å². The molecule has 0 saturated heterocycles. The molecule has 4 bridgehead atoms. The van der Waals surface area contributed by atoms with Gasteiger partial charge in [-0.2, -0.15) is 0 Å². The van der Waals surface area contributed by atoms with Crippen LogP contribution < -0.4 is 9.46 Å². The minimum absolute atomic E-state index is 0.242. The maximum absolute atomic E-state index is 12.7. The summed E-state index contributed by atoms with van der Waals surface area (Å²) in [5.74, 6) is 3.38. The van der Waals surface area contributed by atoms with Gasteiger partial charge in [-0.05, 0) is 111 Å². The van der Waals surface area contributed by atoms with Gasteiger partial charge in [-0.3, -0.25) is 4.72 Å². The Hall–Kier alpha value is -2.01. The van der Waals surface area contributed by atoms with E-state index in [1.807, 2.05) is 19.1 Å². The van der Waals surface area contributed by atoms with Crippen molar-refractivity contribution in [3.8, 4) is 5.75 Å². The van der Waals surface area contributed by atoms with Crippen molar-refractivity contribution in [3.05, 3.63) is 54.1 Å². The first-order valence-electron chi connectivity index (χ1n) is 10.8. The van der Waals surface area contributed by atoms with E-state index in [9.17, 15) is 8.42 Å². The van der Waals surface area contributed by atoms with Crippen LogP contribution in [0, 0.1) is 17.8 Å². The molecule has 4 aliphatic rings. The van der Waals surface area contributed by atoms with Crippen LogP contribution in [-0.4, -0.2) is 15.0 Å². The molecule has 4 fully saturated rings. The van der Waals surface area contributed by atoms with Gasteiger partial charge in [0.25, 0.3) is 10.0 Å². The van der Waals surface area contributed by atoms with Crippen molar-refractivity contribution >= 4 is 15.7 Å². The molecule has 1 N–H and O–H groups in total. The monoisotopic (exact) mass is 411 g/mol. The number of sulfonamides is 1. The summed E-state index contributed by atoms with van der Waals surface area (Å²) < 4.78 is 33.6. The topological polar surface area (TPSA) is 55.4 Å². The standard InChI is InChI=1S/C24H29NO3S/c1-2-28-22-7-9-23(10-8-22)29(26,27)25-21-5-3-20(4-6-21)24-14-17-11-18(15-24)13-19(12-17)16-24/h3-10,17-19,25H,2,11-16H2,1H3. The highest BCUT2D eigenvalue weighted by molar-refractivity contribution is 7.92. The molecule has 0 radical (unpaired) electrons. The van der Waals surface area contributed by atoms with Crippen LogP contribution in [0.2, 0.25) is 0 Å². The molecule has 0 amide bonds. The number of anilines is 1. The van der Waals surface area contributed by atoms with Crippen LogP contribution in [0.15, 0.2) is 53.4 Å². The molecular weight excluding hydrogens is 382 g/mol. The van der Waals surface area contributed by atoms with Gasteiger partial charge in [0, 0.05) is 5.69 Å². The molecule has 0 aliphatic heterocycles. The number of hydrogen-bond acceptors (Lipinski definition) is 3. The minimum atomic E-state index is -3.61. The highest BCUT2D eigenvalue weighted by Gasteiger charge is 2.51. The third kappa shape index (κ3) is 3.54. The Kier molecular flexibility index (Phi) is 4.61. The molecule has 2 aromatic carbocycles. The molecule has 0 spiro atoms. The average molecular weight is 412 g/mol. The zero-order valence-electron chi connectivity index (χ0n) is 16.9. The second-order valence-corrected chi connectivity index (χ2v) is 11.0. The maximum Gasteiger partial charge on any atom is 0.261 e. The van der Waals surface area contributed by atoms with Crippen LogP contribution in [-0.2, 0) is 15.4 Å². The van der Waals surface area contributed by atoms with Gasteiger partial charge in [0.05, 0.1) is 11.5 Å². The van der Waals surface area contributed by atoms with Crippen molar-refractivity contribution in [3.63, 3.8) is 0 Å². The van der Waals surface area contributed by atoms with Gasteiger partial charge >= 0.3 is 0 Å². The van der Waals surface area contributed by atoms with E-state index in [4.69, 9.17) is 4.74 Å². The molecule has 0 heterocycles. The zero-order chi connectivity index (χ0) is 20.1. The number of hydrogen-bond donors (Lipinski definition) is 1. The van der Waals surface area contributed by atoms with Crippen molar-refractivity contribution in [2.24, 2.45) is 17.8 Å². The Morgan fingerprint density at radius 1 is 0.897 bits per heavy atom. The normalized spacial score (nSPS) is 30.3. The van der Waals surface area contributed by atoms with E-state index in [1.54, 1.807) is 24.3 Å². The van der Waals surface area contributed by atoms with Crippen molar-refractivity contribution in [1.29, 1.82) is 0 Å². The molecule has 0 aromatic heterocycles. The predicted octanol–water partition coefficient (Wildman–Crippen LogP) is 5.35. The fourth-order valence-corrected chi connectivity index (χ4v) is 7.51. The molecule has 4 nitrogen and oxygen atoms in total. The summed E-state index contributed by atoms with van der Waals surface area (Å²) in [6.45, 7) is 2.46. The molecule has 0 atom stereocenters. The average Bonchev–Trinajstić information content (AvgIpc) is 2.68. The second kappa shape index (κ2) is 7.05. The van der Waals surface area contributed by atoms with Gasteiger partial charge < -0.3 is 4.74 Å². The zero-order valence-corrected chi connectivity index (χ0v) is 17.8. The predicted molar refractivity (Wildman–Crippen MR) is 115 cm³/mol. The van der Waals surface area contributed by atoms with E-state index in [0.717, 1.165) is 17.8 Å². The Bertz CT molecular complexity index is 945. The maximum atomic E-state index is 12.7. The van der Waals surface area contributed by atoms with Crippen molar-refractivity contribution in [2.45, 2.75) is 55.8 Å². The lowest BCUT2D eigenvalue weighted by atomic mass is 9.48. The minimum Gasteiger partial charge on any atom is -0.494 e. The van der Waals surface area contributed by atoms with Crippen molar-refractivity contribution in [1.82, 2.24) is 0 Å². The van der Waals surface area contributed by atoms with Gasteiger partial charge in [0.2, 0.25) is 0 Å². The van der Waals surface area contributed by atoms with E-state index in [0.29, 0.717) is 23.5 Å². The summed E-state index contributed by atoms with van der Waals surface area (Å²) in [6, 6.07) is 14.7. The van der Waals surface area contributed by atoms with Crippen LogP contribution >= 0.6 is 0 Å². The molecule has 29 heavy (non-hydrogen) atoms. The van der Waals surface area contributed by atoms with Gasteiger partial charge in [0.1, 0.15) is 5.75 Å². The lowest BCUT2D eigenvalue weighted by Crippen LogP contribution is -2.48. The van der Waals surface area contributed by atoms with Crippen molar-refractivity contribution in [2.75, 3.05) is 11.3 Å². The SMILES string of the molecule is CCOc1ccc(S(=O)(=O)Nc2ccc(C34CC5CC(CC(C5)C3)C4)cc2)cc1. The number of rotatable bonds is 6. The summed E-state index contributed by atoms with van der Waals surface area (Å²) in [4.78, 5) is 0.242. The van der Waals surface area contributed by atoms with Crippen LogP contribution in [0.3, 0.4) is 0 Å². The molecule has 0 unspecified atom stereocenters. The Labute approximate surface area is 173 Å². The second-order valence-electron chi connectivity index (χ2n) is 9.29. The van der Waals surface area contributed by atoms with Crippen LogP contribution in [0.25, 0.3) is 0 Å². The highest BCUT2D eigenvalue weighted by Crippen LogP contribution is 2.60. The van der Waals surface area contributed by atoms with Gasteiger partial charge in [0.15, 0.2) is 0 Å². The number of benzene rings is 2. The van der Waals surface area contributed by atoms with Crippen LogP contribution in [0.4, 0.5) is 5.69 Å². The summed E-state index contributed by atoms with van der Waals surface area (Å²) in [7, 11) is -3.61. The molecule has 4 saturated carbocycles. The Morgan fingerprint density at radius 3 is 1.97 bits per heavy atom. The fourth-order valence-electron chi connectivity index (χ4n) is 6.45. The summed E-state index contributed by atoms with van der Waals surface area (Å²) >= 11 is 0. The van der Waals surface area contributed by atoms with Crippen LogP contribution in [0.1, 0.15) is 51.0 Å². The van der Waals surface area contributed by atoms with E-state index in [-0.39, 0.29) is 4.90 Å². The quantitative estimate of drug-likeness (QED) is 0.697. The van der Waals surface area contributed by atoms with Crippen molar-refractivity contribution < 1.29 is 13.2 Å². The first-order valence-corrected chi connectivity index (χ1v) is 12.3. The van der Waals surface area contributed by atoms with E-state index >= 15 is 0 Å². The molecular formula is C24H29NO3S. The third-order valence-corrected chi connectivity index (χ3v) is 8.63. The first kappa shape index (κ1) is 19.0. The van der Waals surface area contributed by atoms with Gasteiger partial charge in [-0.25, -0.2) is 8.42 Å². The van der Waals surface area contributed by atoms with Gasteiger partial charge in [-0.1, -0.05) is 12.1 Å². The van der Waals surface area contributed by atoms with Gasteiger partial charge in [-0.15, -0.1) is 0 Å². The lowest BCUT2D eigenvalue weighted by Gasteiger charge is -2.57. The molecule has 4 aliphatic carbocycles. The van der Waals surface area contributed by atoms with E-state index in [2.05, 4.69) is 16.9 Å². The molecule has 154 valence electrons. The van der Waals surface area contributed by atoms with E-state index in [1.165, 1.54) is 44.1 Å². The third-order valence-electron chi connectivity index (χ3n) is 7.23. The summed E-state index contributed by atoms with van der Waals surface area (Å²) in [6.07, 6.45) is 8.24. The smallest absolute Gasteiger partial charge is 0.261 e.